The Hall–Kier alpha value is -2.12. The molecule has 2 heterocycles. The Labute approximate surface area is 178 Å². The zero-order valence-corrected chi connectivity index (χ0v) is 18.3. The summed E-state index contributed by atoms with van der Waals surface area (Å²) in [5, 5.41) is 2.63. The SMILES string of the molecule is CC(C)CN(C(=O)CSCc1nc2scc(-c3ccccc3)c2c(=O)[nH]1)C1CC1. The molecule has 1 N–H and O–H groups in total. The summed E-state index contributed by atoms with van der Waals surface area (Å²) in [4.78, 5) is 35.6. The van der Waals surface area contributed by atoms with Crippen molar-refractivity contribution < 1.29 is 4.79 Å². The Morgan fingerprint density at radius 1 is 1.31 bits per heavy atom. The summed E-state index contributed by atoms with van der Waals surface area (Å²) in [6, 6.07) is 10.3. The van der Waals surface area contributed by atoms with Gasteiger partial charge in [-0.15, -0.1) is 23.1 Å². The summed E-state index contributed by atoms with van der Waals surface area (Å²) in [6.45, 7) is 5.11. The highest BCUT2D eigenvalue weighted by Crippen LogP contribution is 2.31. The van der Waals surface area contributed by atoms with E-state index in [1.165, 1.54) is 23.1 Å². The normalized spacial score (nSPS) is 13.9. The number of fused-ring (bicyclic) bond motifs is 1. The lowest BCUT2D eigenvalue weighted by atomic mass is 10.1. The number of aromatic nitrogens is 2. The maximum absolute atomic E-state index is 12.7. The van der Waals surface area contributed by atoms with Crippen LogP contribution in [-0.2, 0) is 10.5 Å². The molecule has 152 valence electrons. The van der Waals surface area contributed by atoms with Gasteiger partial charge in [-0.05, 0) is 24.3 Å². The molecule has 3 aromatic rings. The van der Waals surface area contributed by atoms with Gasteiger partial charge in [-0.1, -0.05) is 44.2 Å². The molecule has 0 bridgehead atoms. The third kappa shape index (κ3) is 4.73. The first-order valence-corrected chi connectivity index (χ1v) is 12.0. The molecule has 0 unspecified atom stereocenters. The van der Waals surface area contributed by atoms with Crippen molar-refractivity contribution in [1.82, 2.24) is 14.9 Å². The van der Waals surface area contributed by atoms with Gasteiger partial charge in [0.05, 0.1) is 16.9 Å². The first-order valence-electron chi connectivity index (χ1n) is 9.96. The molecule has 7 heteroatoms. The number of hydrogen-bond donors (Lipinski definition) is 1. The van der Waals surface area contributed by atoms with E-state index in [9.17, 15) is 9.59 Å². The van der Waals surface area contributed by atoms with E-state index >= 15 is 0 Å². The molecule has 29 heavy (non-hydrogen) atoms. The van der Waals surface area contributed by atoms with Gasteiger partial charge in [0.25, 0.3) is 5.56 Å². The number of benzene rings is 1. The lowest BCUT2D eigenvalue weighted by molar-refractivity contribution is -0.129. The molecule has 1 saturated carbocycles. The number of nitrogens with one attached hydrogen (secondary N) is 1. The minimum atomic E-state index is -0.114. The number of hydrogen-bond acceptors (Lipinski definition) is 5. The van der Waals surface area contributed by atoms with Crippen molar-refractivity contribution in [1.29, 1.82) is 0 Å². The van der Waals surface area contributed by atoms with E-state index in [0.29, 0.717) is 34.7 Å². The number of carbonyl (C=O) groups is 1. The number of carbonyl (C=O) groups excluding carboxylic acids is 1. The molecular weight excluding hydrogens is 402 g/mol. The lowest BCUT2D eigenvalue weighted by Crippen LogP contribution is -2.37. The molecule has 2 aromatic heterocycles. The molecule has 1 aromatic carbocycles. The monoisotopic (exact) mass is 427 g/mol. The van der Waals surface area contributed by atoms with Gasteiger partial charge < -0.3 is 9.88 Å². The average molecular weight is 428 g/mol. The third-order valence-electron chi connectivity index (χ3n) is 4.91. The van der Waals surface area contributed by atoms with Gasteiger partial charge in [-0.2, -0.15) is 0 Å². The van der Waals surface area contributed by atoms with Crippen LogP contribution in [0.25, 0.3) is 21.3 Å². The minimum Gasteiger partial charge on any atom is -0.339 e. The van der Waals surface area contributed by atoms with Gasteiger partial charge in [0, 0.05) is 23.5 Å². The van der Waals surface area contributed by atoms with Crippen LogP contribution in [0.5, 0.6) is 0 Å². The van der Waals surface area contributed by atoms with Gasteiger partial charge in [0.1, 0.15) is 10.7 Å². The molecule has 5 nitrogen and oxygen atoms in total. The lowest BCUT2D eigenvalue weighted by Gasteiger charge is -2.24. The number of thiophene rings is 1. The quantitative estimate of drug-likeness (QED) is 0.573. The Bertz CT molecular complexity index is 1050. The van der Waals surface area contributed by atoms with Gasteiger partial charge >= 0.3 is 0 Å². The van der Waals surface area contributed by atoms with Crippen molar-refractivity contribution in [3.8, 4) is 11.1 Å². The maximum Gasteiger partial charge on any atom is 0.260 e. The molecular formula is C22H25N3O2S2. The molecule has 0 radical (unpaired) electrons. The van der Waals surface area contributed by atoms with Gasteiger partial charge in [0.2, 0.25) is 5.91 Å². The second-order valence-electron chi connectivity index (χ2n) is 7.87. The number of H-pyrrole nitrogens is 1. The molecule has 1 aliphatic carbocycles. The molecule has 1 aliphatic rings. The summed E-state index contributed by atoms with van der Waals surface area (Å²) < 4.78 is 0. The third-order valence-corrected chi connectivity index (χ3v) is 6.71. The minimum absolute atomic E-state index is 0.114. The van der Waals surface area contributed by atoms with Crippen molar-refractivity contribution in [2.45, 2.75) is 38.5 Å². The van der Waals surface area contributed by atoms with Crippen LogP contribution in [0.3, 0.4) is 0 Å². The maximum atomic E-state index is 12.7. The standard InChI is InChI=1S/C22H25N3O2S2/c1-14(2)10-25(16-8-9-16)19(26)13-28-12-18-23-21(27)20-17(11-29-22(20)24-18)15-6-4-3-5-7-15/h3-7,11,14,16H,8-10,12-13H2,1-2H3,(H,23,24,27). The number of nitrogens with zero attached hydrogens (tertiary/aromatic N) is 2. The highest BCUT2D eigenvalue weighted by atomic mass is 32.2. The largest absolute Gasteiger partial charge is 0.339 e. The highest BCUT2D eigenvalue weighted by Gasteiger charge is 2.32. The van der Waals surface area contributed by atoms with Gasteiger partial charge in [-0.3, -0.25) is 9.59 Å². The van der Waals surface area contributed by atoms with Crippen molar-refractivity contribution in [3.05, 3.63) is 51.9 Å². The number of amides is 1. The van der Waals surface area contributed by atoms with Crippen LogP contribution in [0.2, 0.25) is 0 Å². The van der Waals surface area contributed by atoms with Crippen molar-refractivity contribution in [2.75, 3.05) is 12.3 Å². The fourth-order valence-corrected chi connectivity index (χ4v) is 5.18. The molecule has 1 fully saturated rings. The summed E-state index contributed by atoms with van der Waals surface area (Å²) >= 11 is 3.00. The van der Waals surface area contributed by atoms with E-state index in [1.807, 2.05) is 40.6 Å². The van der Waals surface area contributed by atoms with E-state index in [2.05, 4.69) is 23.8 Å². The molecule has 4 rings (SSSR count). The summed E-state index contributed by atoms with van der Waals surface area (Å²) in [5.41, 5.74) is 1.82. The van der Waals surface area contributed by atoms with Crippen LogP contribution < -0.4 is 5.56 Å². The second-order valence-corrected chi connectivity index (χ2v) is 9.72. The van der Waals surface area contributed by atoms with Gasteiger partial charge in [0.15, 0.2) is 0 Å². The Kier molecular flexibility index (Phi) is 6.06. The Morgan fingerprint density at radius 3 is 2.76 bits per heavy atom. The van der Waals surface area contributed by atoms with Crippen LogP contribution in [0.1, 0.15) is 32.5 Å². The summed E-state index contributed by atoms with van der Waals surface area (Å²) in [5.74, 6) is 2.24. The fraction of sp³-hybridized carbons (Fsp3) is 0.409. The topological polar surface area (TPSA) is 66.1 Å². The molecule has 0 aliphatic heterocycles. The summed E-state index contributed by atoms with van der Waals surface area (Å²) in [6.07, 6.45) is 2.24. The van der Waals surface area contributed by atoms with Crippen LogP contribution in [0, 0.1) is 5.92 Å². The number of rotatable bonds is 8. The second kappa shape index (κ2) is 8.71. The van der Waals surface area contributed by atoms with E-state index in [1.54, 1.807) is 0 Å². The van der Waals surface area contributed by atoms with Gasteiger partial charge in [-0.25, -0.2) is 4.98 Å². The molecule has 0 spiro atoms. The molecule has 1 amide bonds. The fourth-order valence-electron chi connectivity index (χ4n) is 3.44. The zero-order chi connectivity index (χ0) is 20.4. The van der Waals surface area contributed by atoms with E-state index in [-0.39, 0.29) is 11.5 Å². The number of aromatic amines is 1. The predicted octanol–water partition coefficient (Wildman–Crippen LogP) is 4.53. The highest BCUT2D eigenvalue weighted by molar-refractivity contribution is 7.99. The van der Waals surface area contributed by atoms with Crippen molar-refractivity contribution in [2.24, 2.45) is 5.92 Å². The van der Waals surface area contributed by atoms with Crippen LogP contribution >= 0.6 is 23.1 Å². The van der Waals surface area contributed by atoms with E-state index < -0.39 is 0 Å². The van der Waals surface area contributed by atoms with Crippen LogP contribution in [0.4, 0.5) is 0 Å². The van der Waals surface area contributed by atoms with E-state index in [4.69, 9.17) is 0 Å². The predicted molar refractivity (Wildman–Crippen MR) is 121 cm³/mol. The average Bonchev–Trinajstić information content (AvgIpc) is 3.45. The molecule has 0 saturated heterocycles. The number of thioether (sulfide) groups is 1. The van der Waals surface area contributed by atoms with Crippen LogP contribution in [-0.4, -0.2) is 39.1 Å². The smallest absolute Gasteiger partial charge is 0.260 e. The van der Waals surface area contributed by atoms with Crippen LogP contribution in [0.15, 0.2) is 40.5 Å². The van der Waals surface area contributed by atoms with Crippen molar-refractivity contribution >= 4 is 39.2 Å². The first kappa shape index (κ1) is 20.2. The molecule has 0 atom stereocenters. The van der Waals surface area contributed by atoms with E-state index in [0.717, 1.165) is 35.3 Å². The Morgan fingerprint density at radius 2 is 2.07 bits per heavy atom. The Balaban J connectivity index is 1.44. The summed E-state index contributed by atoms with van der Waals surface area (Å²) in [7, 11) is 0. The van der Waals surface area contributed by atoms with Crippen molar-refractivity contribution in [3.63, 3.8) is 0 Å². The zero-order valence-electron chi connectivity index (χ0n) is 16.7. The first-order chi connectivity index (χ1) is 14.0.